The van der Waals surface area contributed by atoms with Crippen molar-refractivity contribution in [2.45, 2.75) is 32.9 Å². The Morgan fingerprint density at radius 3 is 2.28 bits per heavy atom. The van der Waals surface area contributed by atoms with Crippen molar-refractivity contribution in [3.63, 3.8) is 0 Å². The molecule has 0 saturated heterocycles. The molecule has 0 saturated carbocycles. The number of benzene rings is 2. The van der Waals surface area contributed by atoms with Gasteiger partial charge in [-0.1, -0.05) is 23.8 Å². The van der Waals surface area contributed by atoms with Crippen molar-refractivity contribution in [1.29, 1.82) is 0 Å². The fourth-order valence-electron chi connectivity index (χ4n) is 3.26. The van der Waals surface area contributed by atoms with E-state index < -0.39 is 29.5 Å². The van der Waals surface area contributed by atoms with Crippen molar-refractivity contribution < 1.29 is 32.7 Å². The standard InChI is InChI=1S/C22H20F3N3O4/c1-12-3-6-15(7-4-12)28-17-11-14(22(23,24)25)5-8-16(17)20(21(28)32)13(2)26-27-18(29)9-10-19(30)31/h3-8,11,26H,9-10H2,1-2H3,(H,27,29)(H,30,31)/b20-13-. The third-order valence-corrected chi connectivity index (χ3v) is 4.87. The number of hydrogen-bond acceptors (Lipinski definition) is 4. The lowest BCUT2D eigenvalue weighted by molar-refractivity contribution is -0.139. The van der Waals surface area contributed by atoms with Crippen molar-refractivity contribution >= 4 is 34.7 Å². The first kappa shape index (κ1) is 22.9. The summed E-state index contributed by atoms with van der Waals surface area (Å²) < 4.78 is 39.9. The molecule has 0 spiro atoms. The number of hydrogen-bond donors (Lipinski definition) is 3. The van der Waals surface area contributed by atoms with Crippen LogP contribution >= 0.6 is 0 Å². The molecule has 2 aromatic rings. The number of amides is 2. The van der Waals surface area contributed by atoms with E-state index >= 15 is 0 Å². The first-order chi connectivity index (χ1) is 15.0. The van der Waals surface area contributed by atoms with Gasteiger partial charge in [0.15, 0.2) is 0 Å². The molecule has 1 aliphatic heterocycles. The van der Waals surface area contributed by atoms with Crippen LogP contribution in [-0.2, 0) is 20.6 Å². The second-order valence-electron chi connectivity index (χ2n) is 7.27. The van der Waals surface area contributed by atoms with Gasteiger partial charge in [0.1, 0.15) is 0 Å². The molecule has 2 aromatic carbocycles. The Labute approximate surface area is 181 Å². The van der Waals surface area contributed by atoms with Gasteiger partial charge in [0.25, 0.3) is 5.91 Å². The van der Waals surface area contributed by atoms with Crippen LogP contribution in [-0.4, -0.2) is 22.9 Å². The lowest BCUT2D eigenvalue weighted by Gasteiger charge is -2.19. The number of carbonyl (C=O) groups is 3. The van der Waals surface area contributed by atoms with E-state index in [1.165, 1.54) is 17.9 Å². The summed E-state index contributed by atoms with van der Waals surface area (Å²) in [5.41, 5.74) is 5.93. The molecular formula is C22H20F3N3O4. The van der Waals surface area contributed by atoms with E-state index in [1.54, 1.807) is 24.3 Å². The Hall–Kier alpha value is -3.82. The zero-order chi connectivity index (χ0) is 23.6. The minimum atomic E-state index is -4.59. The maximum atomic E-state index is 13.3. The summed E-state index contributed by atoms with van der Waals surface area (Å²) in [5, 5.41) is 8.65. The molecule has 0 aliphatic carbocycles. The average Bonchev–Trinajstić information content (AvgIpc) is 3.01. The molecule has 7 nitrogen and oxygen atoms in total. The molecular weight excluding hydrogens is 427 g/mol. The van der Waals surface area contributed by atoms with Crippen LogP contribution in [0.15, 0.2) is 48.2 Å². The van der Waals surface area contributed by atoms with Gasteiger partial charge in [0.05, 0.1) is 23.2 Å². The summed E-state index contributed by atoms with van der Waals surface area (Å²) in [7, 11) is 0. The number of nitrogens with zero attached hydrogens (tertiary/aromatic N) is 1. The van der Waals surface area contributed by atoms with Gasteiger partial charge in [0, 0.05) is 23.4 Å². The third-order valence-electron chi connectivity index (χ3n) is 4.87. The largest absolute Gasteiger partial charge is 0.481 e. The highest BCUT2D eigenvalue weighted by atomic mass is 19.4. The van der Waals surface area contributed by atoms with Crippen LogP contribution < -0.4 is 15.8 Å². The Balaban J connectivity index is 2.01. The van der Waals surface area contributed by atoms with E-state index in [9.17, 15) is 27.6 Å². The molecule has 1 heterocycles. The molecule has 0 bridgehead atoms. The van der Waals surface area contributed by atoms with Crippen molar-refractivity contribution in [1.82, 2.24) is 10.9 Å². The van der Waals surface area contributed by atoms with Gasteiger partial charge < -0.3 is 10.5 Å². The number of anilines is 2. The molecule has 1 aliphatic rings. The highest BCUT2D eigenvalue weighted by Gasteiger charge is 2.38. The second kappa shape index (κ2) is 8.74. The van der Waals surface area contributed by atoms with Crippen LogP contribution in [0.5, 0.6) is 0 Å². The summed E-state index contributed by atoms with van der Waals surface area (Å²) >= 11 is 0. The molecule has 2 amide bonds. The summed E-state index contributed by atoms with van der Waals surface area (Å²) in [4.78, 5) is 36.8. The summed E-state index contributed by atoms with van der Waals surface area (Å²) in [6.07, 6.45) is -5.23. The van der Waals surface area contributed by atoms with E-state index in [-0.39, 0.29) is 35.4 Å². The number of rotatable bonds is 6. The fourth-order valence-corrected chi connectivity index (χ4v) is 3.26. The zero-order valence-electron chi connectivity index (χ0n) is 17.2. The smallest absolute Gasteiger partial charge is 0.416 e. The lowest BCUT2D eigenvalue weighted by atomic mass is 10.0. The van der Waals surface area contributed by atoms with Crippen LogP contribution in [0, 0.1) is 6.92 Å². The minimum absolute atomic E-state index is 0.0713. The predicted molar refractivity (Wildman–Crippen MR) is 111 cm³/mol. The third kappa shape index (κ3) is 4.74. The van der Waals surface area contributed by atoms with Crippen molar-refractivity contribution in [2.24, 2.45) is 0 Å². The molecule has 3 N–H and O–H groups in total. The van der Waals surface area contributed by atoms with Crippen LogP contribution in [0.3, 0.4) is 0 Å². The number of fused-ring (bicyclic) bond motifs is 1. The number of aliphatic carboxylic acids is 1. The molecule has 168 valence electrons. The van der Waals surface area contributed by atoms with E-state index in [4.69, 9.17) is 5.11 Å². The van der Waals surface area contributed by atoms with Gasteiger partial charge in [-0.15, -0.1) is 0 Å². The number of hydrazine groups is 1. The van der Waals surface area contributed by atoms with Crippen LogP contribution in [0.2, 0.25) is 0 Å². The highest BCUT2D eigenvalue weighted by Crippen LogP contribution is 2.45. The summed E-state index contributed by atoms with van der Waals surface area (Å²) in [5.74, 6) is -2.31. The summed E-state index contributed by atoms with van der Waals surface area (Å²) in [6.45, 7) is 3.34. The Bertz CT molecular complexity index is 1110. The van der Waals surface area contributed by atoms with E-state index in [0.717, 1.165) is 17.7 Å². The van der Waals surface area contributed by atoms with Crippen LogP contribution in [0.4, 0.5) is 24.5 Å². The van der Waals surface area contributed by atoms with Gasteiger partial charge in [-0.3, -0.25) is 24.7 Å². The van der Waals surface area contributed by atoms with Gasteiger partial charge in [-0.25, -0.2) is 0 Å². The minimum Gasteiger partial charge on any atom is -0.481 e. The molecule has 3 rings (SSSR count). The number of nitrogens with one attached hydrogen (secondary N) is 2. The first-order valence-corrected chi connectivity index (χ1v) is 9.59. The van der Waals surface area contributed by atoms with E-state index in [2.05, 4.69) is 10.9 Å². The monoisotopic (exact) mass is 447 g/mol. The Kier molecular flexibility index (Phi) is 6.24. The van der Waals surface area contributed by atoms with Crippen molar-refractivity contribution in [3.05, 3.63) is 64.9 Å². The number of alkyl halides is 3. The van der Waals surface area contributed by atoms with Crippen LogP contribution in [0.1, 0.15) is 36.5 Å². The Morgan fingerprint density at radius 1 is 1.03 bits per heavy atom. The number of allylic oxidation sites excluding steroid dienone is 1. The molecule has 0 aromatic heterocycles. The van der Waals surface area contributed by atoms with Crippen molar-refractivity contribution in [3.8, 4) is 0 Å². The SMILES string of the molecule is C/C(NNC(=O)CCC(=O)O)=C1/C(=O)N(c2ccc(C)cc2)c2cc(C(F)(F)F)ccc21. The van der Waals surface area contributed by atoms with Gasteiger partial charge in [-0.2, -0.15) is 13.2 Å². The highest BCUT2D eigenvalue weighted by molar-refractivity contribution is 6.35. The molecule has 0 radical (unpaired) electrons. The van der Waals surface area contributed by atoms with Gasteiger partial charge in [0.2, 0.25) is 5.91 Å². The lowest BCUT2D eigenvalue weighted by Crippen LogP contribution is -2.37. The quantitative estimate of drug-likeness (QED) is 0.461. The average molecular weight is 447 g/mol. The van der Waals surface area contributed by atoms with Crippen molar-refractivity contribution in [2.75, 3.05) is 4.90 Å². The van der Waals surface area contributed by atoms with Gasteiger partial charge in [-0.05, 0) is 38.1 Å². The summed E-state index contributed by atoms with van der Waals surface area (Å²) in [6, 6.07) is 9.78. The molecule has 0 atom stereocenters. The Morgan fingerprint density at radius 2 is 1.69 bits per heavy atom. The molecule has 0 fully saturated rings. The zero-order valence-corrected chi connectivity index (χ0v) is 17.2. The number of carbonyl (C=O) groups excluding carboxylic acids is 2. The predicted octanol–water partition coefficient (Wildman–Crippen LogP) is 3.91. The fraction of sp³-hybridized carbons (Fsp3) is 0.227. The number of halogens is 3. The maximum absolute atomic E-state index is 13.3. The van der Waals surface area contributed by atoms with E-state index in [0.29, 0.717) is 5.69 Å². The number of carboxylic acid groups (broad SMARTS) is 1. The van der Waals surface area contributed by atoms with Crippen LogP contribution in [0.25, 0.3) is 5.57 Å². The molecule has 32 heavy (non-hydrogen) atoms. The van der Waals surface area contributed by atoms with E-state index in [1.807, 2.05) is 6.92 Å². The number of carboxylic acids is 1. The topological polar surface area (TPSA) is 98.7 Å². The normalized spacial score (nSPS) is 14.8. The second-order valence-corrected chi connectivity index (χ2v) is 7.27. The van der Waals surface area contributed by atoms with Gasteiger partial charge >= 0.3 is 12.1 Å². The maximum Gasteiger partial charge on any atom is 0.416 e. The number of aryl methyl sites for hydroxylation is 1. The molecule has 0 unspecified atom stereocenters. The first-order valence-electron chi connectivity index (χ1n) is 9.59. The molecule has 10 heteroatoms.